The summed E-state index contributed by atoms with van der Waals surface area (Å²) in [6.07, 6.45) is 2.50. The molecule has 70 valence electrons. The van der Waals surface area contributed by atoms with E-state index in [0.717, 1.165) is 24.8 Å². The maximum atomic E-state index is 11.4. The van der Waals surface area contributed by atoms with Gasteiger partial charge in [-0.05, 0) is 26.2 Å². The van der Waals surface area contributed by atoms with E-state index in [1.165, 1.54) is 0 Å². The van der Waals surface area contributed by atoms with E-state index < -0.39 is 11.4 Å². The normalized spacial score (nSPS) is 38.8. The van der Waals surface area contributed by atoms with Gasteiger partial charge in [-0.15, -0.1) is 0 Å². The molecule has 0 N–H and O–H groups in total. The van der Waals surface area contributed by atoms with Crippen LogP contribution in [0.25, 0.3) is 0 Å². The summed E-state index contributed by atoms with van der Waals surface area (Å²) in [6, 6.07) is 0. The standard InChI is InChI=1S/C10H12O3/c1-6-4-3-5-10(2)7(6)8(11)13-9(10)12/h7H,1,3-5H2,2H3. The van der Waals surface area contributed by atoms with Gasteiger partial charge in [0.05, 0.1) is 11.3 Å². The summed E-state index contributed by atoms with van der Waals surface area (Å²) in [6.45, 7) is 5.63. The van der Waals surface area contributed by atoms with Gasteiger partial charge in [0.2, 0.25) is 0 Å². The summed E-state index contributed by atoms with van der Waals surface area (Å²) >= 11 is 0. The highest BCUT2D eigenvalue weighted by Crippen LogP contribution is 2.48. The molecule has 0 aromatic rings. The average molecular weight is 180 g/mol. The summed E-state index contributed by atoms with van der Waals surface area (Å²) in [5.41, 5.74) is 0.233. The van der Waals surface area contributed by atoms with E-state index in [2.05, 4.69) is 11.3 Å². The van der Waals surface area contributed by atoms with Crippen molar-refractivity contribution in [1.29, 1.82) is 0 Å². The van der Waals surface area contributed by atoms with Crippen LogP contribution in [0.15, 0.2) is 12.2 Å². The Kier molecular flexibility index (Phi) is 1.59. The third-order valence-corrected chi connectivity index (χ3v) is 3.13. The van der Waals surface area contributed by atoms with Gasteiger partial charge < -0.3 is 4.74 Å². The Balaban J connectivity index is 2.43. The van der Waals surface area contributed by atoms with Crippen LogP contribution in [-0.2, 0) is 14.3 Å². The van der Waals surface area contributed by atoms with Gasteiger partial charge in [0.1, 0.15) is 0 Å². The Labute approximate surface area is 76.8 Å². The van der Waals surface area contributed by atoms with E-state index >= 15 is 0 Å². The fourth-order valence-corrected chi connectivity index (χ4v) is 2.34. The molecule has 0 bridgehead atoms. The van der Waals surface area contributed by atoms with Gasteiger partial charge in [0.25, 0.3) is 0 Å². The van der Waals surface area contributed by atoms with E-state index in [-0.39, 0.29) is 11.9 Å². The largest absolute Gasteiger partial charge is 0.392 e. The molecule has 0 amide bonds. The van der Waals surface area contributed by atoms with Gasteiger partial charge in [-0.1, -0.05) is 12.2 Å². The molecule has 2 atom stereocenters. The number of rotatable bonds is 0. The van der Waals surface area contributed by atoms with Gasteiger partial charge in [0, 0.05) is 0 Å². The minimum Gasteiger partial charge on any atom is -0.392 e. The number of esters is 2. The first-order valence-electron chi connectivity index (χ1n) is 4.49. The van der Waals surface area contributed by atoms with Crippen LogP contribution >= 0.6 is 0 Å². The molecule has 0 aromatic heterocycles. The van der Waals surface area contributed by atoms with Crippen LogP contribution in [0.4, 0.5) is 0 Å². The predicted molar refractivity (Wildman–Crippen MR) is 45.7 cm³/mol. The van der Waals surface area contributed by atoms with Crippen LogP contribution in [0.3, 0.4) is 0 Å². The number of carbonyl (C=O) groups excluding carboxylic acids is 2. The van der Waals surface area contributed by atoms with E-state index in [9.17, 15) is 9.59 Å². The molecule has 13 heavy (non-hydrogen) atoms. The third-order valence-electron chi connectivity index (χ3n) is 3.13. The van der Waals surface area contributed by atoms with Crippen molar-refractivity contribution in [2.75, 3.05) is 0 Å². The highest BCUT2D eigenvalue weighted by Gasteiger charge is 2.56. The number of ether oxygens (including phenoxy) is 1. The highest BCUT2D eigenvalue weighted by molar-refractivity contribution is 6.00. The van der Waals surface area contributed by atoms with Crippen molar-refractivity contribution >= 4 is 11.9 Å². The van der Waals surface area contributed by atoms with E-state index in [0.29, 0.717) is 0 Å². The van der Waals surface area contributed by atoms with Crippen molar-refractivity contribution in [2.24, 2.45) is 11.3 Å². The van der Waals surface area contributed by atoms with Gasteiger partial charge >= 0.3 is 11.9 Å². The van der Waals surface area contributed by atoms with Crippen LogP contribution in [-0.4, -0.2) is 11.9 Å². The van der Waals surface area contributed by atoms with Crippen molar-refractivity contribution in [2.45, 2.75) is 26.2 Å². The van der Waals surface area contributed by atoms with E-state index in [1.807, 2.05) is 0 Å². The molecule has 0 spiro atoms. The summed E-state index contributed by atoms with van der Waals surface area (Å²) in [5, 5.41) is 0. The molecule has 1 heterocycles. The molecule has 1 aliphatic heterocycles. The fraction of sp³-hybridized carbons (Fsp3) is 0.600. The van der Waals surface area contributed by atoms with Gasteiger partial charge in [-0.3, -0.25) is 9.59 Å². The molecule has 2 unspecified atom stereocenters. The lowest BCUT2D eigenvalue weighted by atomic mass is 9.67. The fourth-order valence-electron chi connectivity index (χ4n) is 2.34. The van der Waals surface area contributed by atoms with Crippen LogP contribution in [0, 0.1) is 11.3 Å². The maximum absolute atomic E-state index is 11.4. The second kappa shape index (κ2) is 2.44. The zero-order chi connectivity index (χ0) is 9.64. The van der Waals surface area contributed by atoms with Crippen molar-refractivity contribution in [1.82, 2.24) is 0 Å². The first-order valence-corrected chi connectivity index (χ1v) is 4.49. The number of cyclic esters (lactones) is 2. The molecule has 1 saturated heterocycles. The highest BCUT2D eigenvalue weighted by atomic mass is 16.6. The van der Waals surface area contributed by atoms with Gasteiger partial charge in [-0.25, -0.2) is 0 Å². The zero-order valence-corrected chi connectivity index (χ0v) is 7.63. The van der Waals surface area contributed by atoms with Crippen molar-refractivity contribution in [3.63, 3.8) is 0 Å². The lowest BCUT2D eigenvalue weighted by molar-refractivity contribution is -0.155. The van der Waals surface area contributed by atoms with Crippen LogP contribution < -0.4 is 0 Å². The summed E-state index contributed by atoms with van der Waals surface area (Å²) in [4.78, 5) is 22.7. The SMILES string of the molecule is C=C1CCCC2(C)C(=O)OC(=O)C12. The van der Waals surface area contributed by atoms with Crippen LogP contribution in [0.2, 0.25) is 0 Å². The molecule has 3 heteroatoms. The topological polar surface area (TPSA) is 43.4 Å². The lowest BCUT2D eigenvalue weighted by Crippen LogP contribution is -2.34. The molecule has 1 aliphatic carbocycles. The second-order valence-corrected chi connectivity index (χ2v) is 4.07. The first kappa shape index (κ1) is 8.48. The third kappa shape index (κ3) is 0.961. The van der Waals surface area contributed by atoms with Crippen molar-refractivity contribution < 1.29 is 14.3 Å². The monoisotopic (exact) mass is 180 g/mol. The molecular weight excluding hydrogens is 168 g/mol. The average Bonchev–Trinajstić information content (AvgIpc) is 2.24. The molecule has 2 fully saturated rings. The van der Waals surface area contributed by atoms with E-state index in [4.69, 9.17) is 0 Å². The molecule has 2 aliphatic rings. The molecule has 2 rings (SSSR count). The van der Waals surface area contributed by atoms with Crippen LogP contribution in [0.5, 0.6) is 0 Å². The lowest BCUT2D eigenvalue weighted by Gasteiger charge is -2.31. The molecule has 0 radical (unpaired) electrons. The molecule has 1 saturated carbocycles. The Hall–Kier alpha value is -1.12. The number of hydrogen-bond donors (Lipinski definition) is 0. The summed E-state index contributed by atoms with van der Waals surface area (Å²) < 4.78 is 4.64. The maximum Gasteiger partial charge on any atom is 0.321 e. The smallest absolute Gasteiger partial charge is 0.321 e. The Morgan fingerprint density at radius 3 is 2.85 bits per heavy atom. The van der Waals surface area contributed by atoms with Crippen molar-refractivity contribution in [3.05, 3.63) is 12.2 Å². The van der Waals surface area contributed by atoms with E-state index in [1.54, 1.807) is 6.92 Å². The second-order valence-electron chi connectivity index (χ2n) is 4.07. The van der Waals surface area contributed by atoms with Gasteiger partial charge in [0.15, 0.2) is 0 Å². The molecular formula is C10H12O3. The quantitative estimate of drug-likeness (QED) is 0.322. The van der Waals surface area contributed by atoms with Gasteiger partial charge in [-0.2, -0.15) is 0 Å². The Morgan fingerprint density at radius 1 is 1.54 bits per heavy atom. The summed E-state index contributed by atoms with van der Waals surface area (Å²) in [7, 11) is 0. The number of fused-ring (bicyclic) bond motifs is 1. The summed E-state index contributed by atoms with van der Waals surface area (Å²) in [5.74, 6) is -1.16. The number of carbonyl (C=O) groups is 2. The van der Waals surface area contributed by atoms with Crippen molar-refractivity contribution in [3.8, 4) is 0 Å². The zero-order valence-electron chi connectivity index (χ0n) is 7.63. The number of hydrogen-bond acceptors (Lipinski definition) is 3. The minimum absolute atomic E-state index is 0.372. The molecule has 0 aromatic carbocycles. The predicted octanol–water partition coefficient (Wildman–Crippen LogP) is 1.43. The first-order chi connectivity index (χ1) is 6.05. The minimum atomic E-state index is -0.619. The Morgan fingerprint density at radius 2 is 2.23 bits per heavy atom. The van der Waals surface area contributed by atoms with Crippen LogP contribution in [0.1, 0.15) is 26.2 Å². The Bertz CT molecular complexity index is 305. The molecule has 3 nitrogen and oxygen atoms in total.